The summed E-state index contributed by atoms with van der Waals surface area (Å²) in [6.07, 6.45) is 3.46. The SMILES string of the molecule is CCOCCOCCOC(=O)C1CCC2OC2C1. The highest BCUT2D eigenvalue weighted by Gasteiger charge is 2.46. The van der Waals surface area contributed by atoms with E-state index < -0.39 is 0 Å². The third-order valence-electron chi connectivity index (χ3n) is 3.39. The quantitative estimate of drug-likeness (QED) is 0.371. The predicted molar refractivity (Wildman–Crippen MR) is 64.3 cm³/mol. The van der Waals surface area contributed by atoms with E-state index in [0.717, 1.165) is 19.3 Å². The largest absolute Gasteiger partial charge is 0.463 e. The number of ether oxygens (including phenoxy) is 4. The van der Waals surface area contributed by atoms with Crippen molar-refractivity contribution in [3.63, 3.8) is 0 Å². The minimum atomic E-state index is -0.0997. The predicted octanol–water partition coefficient (Wildman–Crippen LogP) is 1.15. The molecular formula is C13H22O5. The zero-order chi connectivity index (χ0) is 12.8. The van der Waals surface area contributed by atoms with Crippen LogP contribution in [0.2, 0.25) is 0 Å². The first-order chi connectivity index (χ1) is 8.81. The van der Waals surface area contributed by atoms with E-state index in [2.05, 4.69) is 0 Å². The summed E-state index contributed by atoms with van der Waals surface area (Å²) in [4.78, 5) is 11.7. The van der Waals surface area contributed by atoms with E-state index in [1.165, 1.54) is 0 Å². The van der Waals surface area contributed by atoms with Crippen LogP contribution >= 0.6 is 0 Å². The topological polar surface area (TPSA) is 57.3 Å². The van der Waals surface area contributed by atoms with E-state index in [4.69, 9.17) is 18.9 Å². The van der Waals surface area contributed by atoms with Crippen LogP contribution in [0.1, 0.15) is 26.2 Å². The molecule has 0 spiro atoms. The molecule has 0 aromatic carbocycles. The first kappa shape index (κ1) is 13.8. The summed E-state index contributed by atoms with van der Waals surface area (Å²) in [5, 5.41) is 0. The molecule has 2 rings (SSSR count). The van der Waals surface area contributed by atoms with Gasteiger partial charge in [0.05, 0.1) is 37.9 Å². The van der Waals surface area contributed by atoms with Crippen molar-refractivity contribution in [1.29, 1.82) is 0 Å². The van der Waals surface area contributed by atoms with E-state index in [9.17, 15) is 4.79 Å². The highest BCUT2D eigenvalue weighted by atomic mass is 16.6. The van der Waals surface area contributed by atoms with Gasteiger partial charge in [0.15, 0.2) is 0 Å². The summed E-state index contributed by atoms with van der Waals surface area (Å²) in [6.45, 7) is 4.55. The lowest BCUT2D eigenvalue weighted by atomic mass is 9.89. The number of esters is 1. The summed E-state index contributed by atoms with van der Waals surface area (Å²) in [6, 6.07) is 0. The third kappa shape index (κ3) is 4.23. The second-order valence-electron chi connectivity index (χ2n) is 4.70. The van der Waals surface area contributed by atoms with Gasteiger partial charge in [-0.3, -0.25) is 4.79 Å². The molecule has 0 aromatic heterocycles. The Labute approximate surface area is 108 Å². The molecule has 1 heterocycles. The third-order valence-corrected chi connectivity index (χ3v) is 3.39. The fraction of sp³-hybridized carbons (Fsp3) is 0.923. The summed E-state index contributed by atoms with van der Waals surface area (Å²) in [7, 11) is 0. The Morgan fingerprint density at radius 3 is 2.67 bits per heavy atom. The van der Waals surface area contributed by atoms with E-state index in [1.807, 2.05) is 6.92 Å². The zero-order valence-corrected chi connectivity index (χ0v) is 10.9. The molecule has 0 bridgehead atoms. The molecule has 5 nitrogen and oxygen atoms in total. The minimum Gasteiger partial charge on any atom is -0.463 e. The number of hydrogen-bond acceptors (Lipinski definition) is 5. The van der Waals surface area contributed by atoms with Crippen LogP contribution in [0.15, 0.2) is 0 Å². The van der Waals surface area contributed by atoms with E-state index in [0.29, 0.717) is 45.2 Å². The van der Waals surface area contributed by atoms with Crippen LogP contribution in [-0.4, -0.2) is 51.2 Å². The molecule has 5 heteroatoms. The minimum absolute atomic E-state index is 0.0252. The molecule has 0 N–H and O–H groups in total. The molecule has 0 aromatic rings. The molecule has 104 valence electrons. The maximum atomic E-state index is 11.7. The number of carbonyl (C=O) groups is 1. The van der Waals surface area contributed by atoms with Gasteiger partial charge in [-0.1, -0.05) is 0 Å². The number of hydrogen-bond donors (Lipinski definition) is 0. The Bertz CT molecular complexity index is 268. The maximum Gasteiger partial charge on any atom is 0.309 e. The molecule has 0 amide bonds. The second-order valence-corrected chi connectivity index (χ2v) is 4.70. The van der Waals surface area contributed by atoms with Crippen LogP contribution in [0.3, 0.4) is 0 Å². The molecule has 1 aliphatic heterocycles. The summed E-state index contributed by atoms with van der Waals surface area (Å²) >= 11 is 0. The molecule has 3 unspecified atom stereocenters. The smallest absolute Gasteiger partial charge is 0.309 e. The van der Waals surface area contributed by atoms with E-state index in [-0.39, 0.29) is 11.9 Å². The molecule has 0 radical (unpaired) electrons. The summed E-state index contributed by atoms with van der Waals surface area (Å²) < 4.78 is 21.0. The molecule has 18 heavy (non-hydrogen) atoms. The molecule has 1 saturated heterocycles. The van der Waals surface area contributed by atoms with Gasteiger partial charge in [0.1, 0.15) is 6.61 Å². The lowest BCUT2D eigenvalue weighted by Crippen LogP contribution is -2.25. The number of fused-ring (bicyclic) bond motifs is 1. The van der Waals surface area contributed by atoms with Gasteiger partial charge in [0.25, 0.3) is 0 Å². The Balaban J connectivity index is 1.47. The average Bonchev–Trinajstić information content (AvgIpc) is 3.15. The molecular weight excluding hydrogens is 236 g/mol. The van der Waals surface area contributed by atoms with Crippen LogP contribution in [0, 0.1) is 5.92 Å². The Hall–Kier alpha value is -0.650. The standard InChI is InChI=1S/C13H22O5/c1-2-15-5-6-16-7-8-17-13(14)10-3-4-11-12(9-10)18-11/h10-12H,2-9H2,1H3. The van der Waals surface area contributed by atoms with Crippen LogP contribution in [0.25, 0.3) is 0 Å². The highest BCUT2D eigenvalue weighted by molar-refractivity contribution is 5.72. The van der Waals surface area contributed by atoms with Crippen LogP contribution in [0.5, 0.6) is 0 Å². The molecule has 2 aliphatic rings. The van der Waals surface area contributed by atoms with Gasteiger partial charge < -0.3 is 18.9 Å². The van der Waals surface area contributed by atoms with Gasteiger partial charge in [0.2, 0.25) is 0 Å². The van der Waals surface area contributed by atoms with Crippen molar-refractivity contribution in [2.45, 2.75) is 38.4 Å². The van der Waals surface area contributed by atoms with Gasteiger partial charge in [0, 0.05) is 6.61 Å². The molecule has 3 atom stereocenters. The van der Waals surface area contributed by atoms with Crippen molar-refractivity contribution < 1.29 is 23.7 Å². The first-order valence-electron chi connectivity index (χ1n) is 6.79. The molecule has 1 saturated carbocycles. The van der Waals surface area contributed by atoms with Gasteiger partial charge >= 0.3 is 5.97 Å². The lowest BCUT2D eigenvalue weighted by molar-refractivity contribution is -0.151. The van der Waals surface area contributed by atoms with Crippen LogP contribution in [0.4, 0.5) is 0 Å². The van der Waals surface area contributed by atoms with Crippen molar-refractivity contribution >= 4 is 5.97 Å². The van der Waals surface area contributed by atoms with Gasteiger partial charge in [-0.25, -0.2) is 0 Å². The first-order valence-corrected chi connectivity index (χ1v) is 6.79. The van der Waals surface area contributed by atoms with Gasteiger partial charge in [-0.15, -0.1) is 0 Å². The number of rotatable bonds is 8. The normalized spacial score (nSPS) is 29.7. The average molecular weight is 258 g/mol. The van der Waals surface area contributed by atoms with Crippen LogP contribution < -0.4 is 0 Å². The van der Waals surface area contributed by atoms with Crippen molar-refractivity contribution in [1.82, 2.24) is 0 Å². The Morgan fingerprint density at radius 2 is 1.89 bits per heavy atom. The van der Waals surface area contributed by atoms with Crippen molar-refractivity contribution in [2.75, 3.05) is 33.0 Å². The van der Waals surface area contributed by atoms with Crippen molar-refractivity contribution in [3.8, 4) is 0 Å². The van der Waals surface area contributed by atoms with Crippen molar-refractivity contribution in [3.05, 3.63) is 0 Å². The maximum absolute atomic E-state index is 11.7. The second kappa shape index (κ2) is 7.07. The molecule has 2 fully saturated rings. The highest BCUT2D eigenvalue weighted by Crippen LogP contribution is 2.39. The number of epoxide rings is 1. The summed E-state index contributed by atoms with van der Waals surface area (Å²) in [5.74, 6) is -0.0745. The van der Waals surface area contributed by atoms with Crippen LogP contribution in [-0.2, 0) is 23.7 Å². The summed E-state index contributed by atoms with van der Waals surface area (Å²) in [5.41, 5.74) is 0. The molecule has 1 aliphatic carbocycles. The fourth-order valence-electron chi connectivity index (χ4n) is 2.30. The Kier molecular flexibility index (Phi) is 5.41. The van der Waals surface area contributed by atoms with Gasteiger partial charge in [-0.05, 0) is 26.2 Å². The fourth-order valence-corrected chi connectivity index (χ4v) is 2.30. The zero-order valence-electron chi connectivity index (χ0n) is 10.9. The number of carbonyl (C=O) groups excluding carboxylic acids is 1. The van der Waals surface area contributed by atoms with E-state index >= 15 is 0 Å². The Morgan fingerprint density at radius 1 is 1.11 bits per heavy atom. The lowest BCUT2D eigenvalue weighted by Gasteiger charge is -2.17. The monoisotopic (exact) mass is 258 g/mol. The van der Waals surface area contributed by atoms with Gasteiger partial charge in [-0.2, -0.15) is 0 Å². The van der Waals surface area contributed by atoms with E-state index in [1.54, 1.807) is 0 Å². The van der Waals surface area contributed by atoms with Crippen molar-refractivity contribution in [2.24, 2.45) is 5.92 Å².